The maximum Gasteiger partial charge on any atom is 0.247 e. The Morgan fingerprint density at radius 2 is 1.80 bits per heavy atom. The highest BCUT2D eigenvalue weighted by molar-refractivity contribution is 8.02. The van der Waals surface area contributed by atoms with Crippen LogP contribution >= 0.6 is 11.8 Å². The van der Waals surface area contributed by atoms with Gasteiger partial charge in [-0.15, -0.1) is 24.9 Å². The van der Waals surface area contributed by atoms with Gasteiger partial charge in [0.2, 0.25) is 17.7 Å². The molecule has 0 radical (unpaired) electrons. The van der Waals surface area contributed by atoms with E-state index in [9.17, 15) is 14.7 Å². The van der Waals surface area contributed by atoms with Crippen LogP contribution in [0.15, 0.2) is 79.9 Å². The van der Waals surface area contributed by atoms with E-state index in [1.807, 2.05) is 66.4 Å². The molecule has 50 heavy (non-hydrogen) atoms. The van der Waals surface area contributed by atoms with Crippen LogP contribution in [0.25, 0.3) is 0 Å². The quantitative estimate of drug-likeness (QED) is 0.265. The average Bonchev–Trinajstić information content (AvgIpc) is 3.79. The van der Waals surface area contributed by atoms with Gasteiger partial charge in [-0.3, -0.25) is 19.3 Å². The Morgan fingerprint density at radius 3 is 2.46 bits per heavy atom. The third-order valence-corrected chi connectivity index (χ3v) is 12.6. The number of morpholine rings is 1. The summed E-state index contributed by atoms with van der Waals surface area (Å²) in [4.78, 5) is 52.2. The van der Waals surface area contributed by atoms with Gasteiger partial charge in [0.15, 0.2) is 0 Å². The maximum absolute atomic E-state index is 15.0. The van der Waals surface area contributed by atoms with Crippen LogP contribution in [-0.2, 0) is 25.5 Å². The average molecular weight is 703 g/mol. The predicted octanol–water partition coefficient (Wildman–Crippen LogP) is 3.65. The molecule has 4 fully saturated rings. The molecule has 6 rings (SSSR count). The van der Waals surface area contributed by atoms with Crippen molar-refractivity contribution in [3.05, 3.63) is 85.5 Å². The fourth-order valence-corrected chi connectivity index (χ4v) is 10.6. The Bertz CT molecular complexity index is 1520. The highest BCUT2D eigenvalue weighted by atomic mass is 32.2. The summed E-state index contributed by atoms with van der Waals surface area (Å²) in [6.45, 7) is 14.7. The number of aliphatic hydroxyl groups is 1. The fraction of sp³-hybridized carbons (Fsp3) is 0.513. The zero-order valence-corrected chi connectivity index (χ0v) is 29.8. The van der Waals surface area contributed by atoms with Gasteiger partial charge >= 0.3 is 0 Å². The normalized spacial score (nSPS) is 26.4. The Balaban J connectivity index is 1.36. The summed E-state index contributed by atoms with van der Waals surface area (Å²) in [6.07, 6.45) is 5.20. The van der Waals surface area contributed by atoms with Crippen molar-refractivity contribution in [1.82, 2.24) is 14.7 Å². The van der Waals surface area contributed by atoms with Crippen LogP contribution in [0.4, 0.5) is 5.69 Å². The second kappa shape index (κ2) is 16.1. The number of fused-ring (bicyclic) bond motifs is 1. The number of ether oxygens (including phenoxy) is 2. The fourth-order valence-electron chi connectivity index (χ4n) is 8.41. The van der Waals surface area contributed by atoms with E-state index < -0.39 is 28.7 Å². The third-order valence-electron chi connectivity index (χ3n) is 10.7. The van der Waals surface area contributed by atoms with E-state index in [-0.39, 0.29) is 36.1 Å². The SMILES string of the molecule is C=CCN(CCN1CCOCC1)C(=O)C1N([C@@H](CO)Cc2ccccc2)C(=O)[C@@H]2[C@H](C(=O)N(CC=C)c3ccc(OCC)cc3)[C@@H]3CCC12S3. The minimum absolute atomic E-state index is 0.105. The number of rotatable bonds is 16. The van der Waals surface area contributed by atoms with E-state index in [1.54, 1.807) is 33.7 Å². The highest BCUT2D eigenvalue weighted by Gasteiger charge is 2.74. The molecule has 4 heterocycles. The van der Waals surface area contributed by atoms with Crippen molar-refractivity contribution < 1.29 is 29.0 Å². The topological polar surface area (TPSA) is 103 Å². The highest BCUT2D eigenvalue weighted by Crippen LogP contribution is 2.67. The Labute approximate surface area is 300 Å². The van der Waals surface area contributed by atoms with Crippen molar-refractivity contribution in [2.75, 3.05) is 70.6 Å². The molecule has 268 valence electrons. The molecule has 2 aromatic rings. The second-order valence-electron chi connectivity index (χ2n) is 13.5. The first-order valence-electron chi connectivity index (χ1n) is 17.9. The minimum atomic E-state index is -0.823. The van der Waals surface area contributed by atoms with Crippen LogP contribution in [0.5, 0.6) is 5.75 Å². The van der Waals surface area contributed by atoms with Gasteiger partial charge in [0.25, 0.3) is 0 Å². The summed E-state index contributed by atoms with van der Waals surface area (Å²) in [5, 5.41) is 10.8. The number of nitrogens with zero attached hydrogens (tertiary/aromatic N) is 4. The molecule has 2 aromatic carbocycles. The molecule has 4 aliphatic heterocycles. The third kappa shape index (κ3) is 6.97. The van der Waals surface area contributed by atoms with Crippen molar-refractivity contribution in [2.45, 2.75) is 48.3 Å². The van der Waals surface area contributed by atoms with Crippen LogP contribution in [0.2, 0.25) is 0 Å². The molecule has 0 aromatic heterocycles. The van der Waals surface area contributed by atoms with Gasteiger partial charge in [-0.1, -0.05) is 42.5 Å². The first-order valence-corrected chi connectivity index (χ1v) is 18.7. The molecular formula is C39H50N4O6S. The minimum Gasteiger partial charge on any atom is -0.494 e. The molecule has 11 heteroatoms. The van der Waals surface area contributed by atoms with Crippen LogP contribution in [0, 0.1) is 11.8 Å². The lowest BCUT2D eigenvalue weighted by Gasteiger charge is -2.40. The lowest BCUT2D eigenvalue weighted by atomic mass is 9.70. The van der Waals surface area contributed by atoms with Crippen molar-refractivity contribution in [2.24, 2.45) is 11.8 Å². The van der Waals surface area contributed by atoms with Gasteiger partial charge in [-0.05, 0) is 56.0 Å². The molecule has 10 nitrogen and oxygen atoms in total. The molecule has 0 aliphatic carbocycles. The van der Waals surface area contributed by atoms with Crippen LogP contribution in [0.1, 0.15) is 25.3 Å². The predicted molar refractivity (Wildman–Crippen MR) is 196 cm³/mol. The summed E-state index contributed by atoms with van der Waals surface area (Å²) in [7, 11) is 0. The van der Waals surface area contributed by atoms with Gasteiger partial charge in [0.1, 0.15) is 11.8 Å². The van der Waals surface area contributed by atoms with E-state index in [1.165, 1.54) is 0 Å². The van der Waals surface area contributed by atoms with E-state index in [0.29, 0.717) is 63.7 Å². The van der Waals surface area contributed by atoms with Gasteiger partial charge in [0.05, 0.1) is 49.1 Å². The summed E-state index contributed by atoms with van der Waals surface area (Å²) < 4.78 is 10.4. The zero-order valence-electron chi connectivity index (χ0n) is 29.0. The number of carbonyl (C=O) groups is 3. The van der Waals surface area contributed by atoms with Gasteiger partial charge in [-0.25, -0.2) is 0 Å². The molecule has 4 aliphatic rings. The van der Waals surface area contributed by atoms with Gasteiger partial charge < -0.3 is 29.3 Å². The standard InChI is InChI=1S/C39H50N4O6S/c1-4-18-41(21-20-40-22-24-48-25-23-40)38(47)35-39-17-16-32(50-39)33(36(45)42(19-5-2)29-12-14-31(15-13-29)49-6-3)34(39)37(46)43(35)30(27-44)26-28-10-8-7-9-11-28/h4-5,7-15,30,32-35,44H,1-2,6,16-27H2,3H3/t30-,32+,33-,34+,35?,39?/m1/s1. The lowest BCUT2D eigenvalue weighted by molar-refractivity contribution is -0.145. The molecule has 1 N–H and O–H groups in total. The van der Waals surface area contributed by atoms with Gasteiger partial charge in [-0.2, -0.15) is 0 Å². The molecular weight excluding hydrogens is 653 g/mol. The number of amides is 3. The number of likely N-dealkylation sites (tertiary alicyclic amines) is 1. The number of thioether (sulfide) groups is 1. The summed E-state index contributed by atoms with van der Waals surface area (Å²) in [5.74, 6) is -1.11. The van der Waals surface area contributed by atoms with Crippen molar-refractivity contribution in [3.63, 3.8) is 0 Å². The Kier molecular flexibility index (Phi) is 11.7. The summed E-state index contributed by atoms with van der Waals surface area (Å²) >= 11 is 1.65. The maximum atomic E-state index is 15.0. The van der Waals surface area contributed by atoms with E-state index in [2.05, 4.69) is 18.1 Å². The molecule has 2 bridgehead atoms. The van der Waals surface area contributed by atoms with Crippen LogP contribution in [0.3, 0.4) is 0 Å². The number of aliphatic hydroxyl groups excluding tert-OH is 1. The first-order chi connectivity index (χ1) is 24.4. The van der Waals surface area contributed by atoms with Crippen molar-refractivity contribution in [3.8, 4) is 5.75 Å². The van der Waals surface area contributed by atoms with E-state index in [4.69, 9.17) is 9.47 Å². The number of hydrogen-bond donors (Lipinski definition) is 1. The Morgan fingerprint density at radius 1 is 1.08 bits per heavy atom. The lowest BCUT2D eigenvalue weighted by Crippen LogP contribution is -2.58. The molecule has 0 saturated carbocycles. The summed E-state index contributed by atoms with van der Waals surface area (Å²) in [6, 6.07) is 15.7. The van der Waals surface area contributed by atoms with Crippen molar-refractivity contribution in [1.29, 1.82) is 0 Å². The monoisotopic (exact) mass is 702 g/mol. The largest absolute Gasteiger partial charge is 0.494 e. The van der Waals surface area contributed by atoms with Crippen LogP contribution < -0.4 is 9.64 Å². The van der Waals surface area contributed by atoms with Crippen LogP contribution in [-0.4, -0.2) is 125 Å². The number of carbonyl (C=O) groups excluding carboxylic acids is 3. The van der Waals surface area contributed by atoms with Crippen molar-refractivity contribution >= 4 is 35.2 Å². The zero-order chi connectivity index (χ0) is 35.3. The first kappa shape index (κ1) is 36.2. The number of benzene rings is 2. The molecule has 1 spiro atoms. The Hall–Kier alpha value is -3.64. The number of hydrogen-bond acceptors (Lipinski definition) is 8. The van der Waals surface area contributed by atoms with E-state index in [0.717, 1.165) is 25.1 Å². The second-order valence-corrected chi connectivity index (χ2v) is 15.1. The summed E-state index contributed by atoms with van der Waals surface area (Å²) in [5.41, 5.74) is 1.67. The molecule has 6 atom stereocenters. The molecule has 4 saturated heterocycles. The van der Waals surface area contributed by atoms with E-state index >= 15 is 4.79 Å². The molecule has 3 amide bonds. The number of anilines is 1. The molecule has 2 unspecified atom stereocenters. The smallest absolute Gasteiger partial charge is 0.247 e. The van der Waals surface area contributed by atoms with Gasteiger partial charge in [0, 0.05) is 50.2 Å².